The minimum absolute atomic E-state index is 0.318. The highest BCUT2D eigenvalue weighted by Crippen LogP contribution is 2.36. The molecule has 0 spiro atoms. The van der Waals surface area contributed by atoms with Crippen LogP contribution in [0.25, 0.3) is 0 Å². The highest BCUT2D eigenvalue weighted by molar-refractivity contribution is 7.99. The Hall–Kier alpha value is -3.75. The first-order valence-corrected chi connectivity index (χ1v) is 17.3. The summed E-state index contributed by atoms with van der Waals surface area (Å²) in [6.45, 7) is 2.12. The zero-order valence-corrected chi connectivity index (χ0v) is 27.3. The van der Waals surface area contributed by atoms with Crippen molar-refractivity contribution >= 4 is 11.8 Å². The van der Waals surface area contributed by atoms with Crippen molar-refractivity contribution in [2.45, 2.75) is 62.0 Å². The summed E-state index contributed by atoms with van der Waals surface area (Å²) in [5, 5.41) is 0. The maximum atomic E-state index is 6.94. The van der Waals surface area contributed by atoms with E-state index in [4.69, 9.17) is 23.7 Å². The van der Waals surface area contributed by atoms with E-state index in [1.54, 1.807) is 11.8 Å². The van der Waals surface area contributed by atoms with Gasteiger partial charge in [-0.1, -0.05) is 152 Å². The molecule has 0 aromatic heterocycles. The van der Waals surface area contributed by atoms with Crippen molar-refractivity contribution in [2.75, 3.05) is 6.61 Å². The Morgan fingerprint density at radius 2 is 0.809 bits per heavy atom. The van der Waals surface area contributed by atoms with Crippen LogP contribution in [0.1, 0.15) is 27.8 Å². The molecule has 0 amide bonds. The van der Waals surface area contributed by atoms with Crippen LogP contribution in [0.3, 0.4) is 0 Å². The fraction of sp³-hybridized carbons (Fsp3) is 0.268. The van der Waals surface area contributed by atoms with E-state index in [1.165, 1.54) is 5.56 Å². The molecule has 1 saturated heterocycles. The Bertz CT molecular complexity index is 1560. The average Bonchev–Trinajstić information content (AvgIpc) is 3.14. The molecule has 0 aliphatic carbocycles. The Balaban J connectivity index is 1.29. The summed E-state index contributed by atoms with van der Waals surface area (Å²) in [5.74, 6) is 0.773. The molecule has 242 valence electrons. The highest BCUT2D eigenvalue weighted by Gasteiger charge is 2.48. The van der Waals surface area contributed by atoms with E-state index >= 15 is 0 Å². The van der Waals surface area contributed by atoms with Gasteiger partial charge < -0.3 is 23.7 Å². The number of rotatable bonds is 16. The predicted molar refractivity (Wildman–Crippen MR) is 188 cm³/mol. The molecular weight excluding hydrogens is 605 g/mol. The first-order valence-electron chi connectivity index (χ1n) is 16.2. The van der Waals surface area contributed by atoms with Crippen molar-refractivity contribution in [2.24, 2.45) is 0 Å². The van der Waals surface area contributed by atoms with E-state index in [9.17, 15) is 0 Å². The summed E-state index contributed by atoms with van der Waals surface area (Å²) in [7, 11) is 0. The molecule has 0 N–H and O–H groups in total. The van der Waals surface area contributed by atoms with E-state index in [1.807, 2.05) is 78.9 Å². The fourth-order valence-corrected chi connectivity index (χ4v) is 6.83. The zero-order valence-electron chi connectivity index (χ0n) is 26.5. The highest BCUT2D eigenvalue weighted by atomic mass is 32.2. The molecule has 5 atom stereocenters. The lowest BCUT2D eigenvalue weighted by molar-refractivity contribution is -0.254. The molecule has 47 heavy (non-hydrogen) atoms. The van der Waals surface area contributed by atoms with Crippen LogP contribution in [0.5, 0.6) is 0 Å². The van der Waals surface area contributed by atoms with Crippen LogP contribution in [0.2, 0.25) is 0 Å². The van der Waals surface area contributed by atoms with Gasteiger partial charge in [0.25, 0.3) is 0 Å². The molecule has 5 nitrogen and oxygen atoms in total. The number of benzene rings is 5. The van der Waals surface area contributed by atoms with Crippen LogP contribution in [0.4, 0.5) is 0 Å². The monoisotopic (exact) mass is 646 g/mol. The van der Waals surface area contributed by atoms with Gasteiger partial charge in [0, 0.05) is 5.75 Å². The van der Waals surface area contributed by atoms with E-state index in [2.05, 4.69) is 72.8 Å². The summed E-state index contributed by atoms with van der Waals surface area (Å²) in [6, 6.07) is 51.4. The van der Waals surface area contributed by atoms with E-state index < -0.39 is 18.3 Å². The van der Waals surface area contributed by atoms with Gasteiger partial charge in [-0.2, -0.15) is 0 Å². The van der Waals surface area contributed by atoms with Gasteiger partial charge in [0.2, 0.25) is 0 Å². The second kappa shape index (κ2) is 18.0. The molecule has 5 aromatic rings. The van der Waals surface area contributed by atoms with Gasteiger partial charge in [-0.25, -0.2) is 0 Å². The van der Waals surface area contributed by atoms with Crippen LogP contribution in [-0.2, 0) is 55.9 Å². The second-order valence-corrected chi connectivity index (χ2v) is 12.7. The van der Waals surface area contributed by atoms with Crippen molar-refractivity contribution in [3.8, 4) is 0 Å². The van der Waals surface area contributed by atoms with Gasteiger partial charge in [0.15, 0.2) is 0 Å². The molecule has 1 aliphatic rings. The molecule has 6 rings (SSSR count). The third-order valence-electron chi connectivity index (χ3n) is 8.10. The Morgan fingerprint density at radius 3 is 1.28 bits per heavy atom. The van der Waals surface area contributed by atoms with Crippen molar-refractivity contribution in [1.29, 1.82) is 0 Å². The van der Waals surface area contributed by atoms with Gasteiger partial charge in [-0.3, -0.25) is 0 Å². The van der Waals surface area contributed by atoms with Crippen LogP contribution >= 0.6 is 11.8 Å². The maximum Gasteiger partial charge on any atom is 0.133 e. The molecule has 5 aromatic carbocycles. The van der Waals surface area contributed by atoms with E-state index in [0.29, 0.717) is 33.0 Å². The number of thioether (sulfide) groups is 1. The lowest BCUT2D eigenvalue weighted by Gasteiger charge is -2.46. The van der Waals surface area contributed by atoms with Gasteiger partial charge >= 0.3 is 0 Å². The quantitative estimate of drug-likeness (QED) is 0.107. The fourth-order valence-electron chi connectivity index (χ4n) is 5.63. The largest absolute Gasteiger partial charge is 0.374 e. The van der Waals surface area contributed by atoms with Gasteiger partial charge in [0.1, 0.15) is 29.9 Å². The Labute approximate surface area is 282 Å². The van der Waals surface area contributed by atoms with E-state index in [-0.39, 0.29) is 11.5 Å². The number of ether oxygens (including phenoxy) is 5. The van der Waals surface area contributed by atoms with Crippen molar-refractivity contribution in [3.63, 3.8) is 0 Å². The van der Waals surface area contributed by atoms with Crippen LogP contribution in [0, 0.1) is 0 Å². The first kappa shape index (κ1) is 33.2. The summed E-state index contributed by atoms with van der Waals surface area (Å²) >= 11 is 1.73. The van der Waals surface area contributed by atoms with Gasteiger partial charge in [-0.05, 0) is 27.8 Å². The summed E-state index contributed by atoms with van der Waals surface area (Å²) in [6.07, 6.45) is -1.65. The molecule has 0 bridgehead atoms. The lowest BCUT2D eigenvalue weighted by Crippen LogP contribution is -2.60. The predicted octanol–water partition coefficient (Wildman–Crippen LogP) is 8.62. The van der Waals surface area contributed by atoms with Gasteiger partial charge in [0.05, 0.1) is 33.0 Å². The first-order chi connectivity index (χ1) is 23.3. The average molecular weight is 647 g/mol. The summed E-state index contributed by atoms with van der Waals surface area (Å²) in [5.41, 5.74) is 5.29. The summed E-state index contributed by atoms with van der Waals surface area (Å²) in [4.78, 5) is 0. The molecule has 5 unspecified atom stereocenters. The van der Waals surface area contributed by atoms with Crippen molar-refractivity contribution in [3.05, 3.63) is 179 Å². The molecule has 6 heteroatoms. The molecular formula is C41H42O5S. The molecule has 0 saturated carbocycles. The topological polar surface area (TPSA) is 46.2 Å². The molecule has 1 aliphatic heterocycles. The van der Waals surface area contributed by atoms with Crippen LogP contribution in [0.15, 0.2) is 152 Å². The van der Waals surface area contributed by atoms with Gasteiger partial charge in [-0.15, -0.1) is 11.8 Å². The number of hydrogen-bond donors (Lipinski definition) is 0. The van der Waals surface area contributed by atoms with Crippen molar-refractivity contribution < 1.29 is 23.7 Å². The third-order valence-corrected chi connectivity index (χ3v) is 9.31. The molecule has 1 heterocycles. The smallest absolute Gasteiger partial charge is 0.133 e. The SMILES string of the molecule is c1ccc(COCC2OC(SCc3ccccc3)C(OCc3ccccc3)C(OCc3ccccc3)C2OCc2ccccc2)cc1. The second-order valence-electron chi connectivity index (χ2n) is 11.6. The normalized spacial score (nSPS) is 21.0. The third kappa shape index (κ3) is 10.1. The Kier molecular flexibility index (Phi) is 12.7. The van der Waals surface area contributed by atoms with Crippen LogP contribution < -0.4 is 0 Å². The lowest BCUT2D eigenvalue weighted by atomic mass is 9.98. The molecule has 1 fully saturated rings. The van der Waals surface area contributed by atoms with Crippen molar-refractivity contribution in [1.82, 2.24) is 0 Å². The number of hydrogen-bond acceptors (Lipinski definition) is 6. The standard InChI is InChI=1S/C41H42O5S/c1-6-16-32(17-7-1)26-42-30-37-38(43-27-33-18-8-2-9-19-33)39(44-28-34-20-10-3-11-21-34)40(45-29-35-22-12-4-13-23-35)41(46-37)47-31-36-24-14-5-15-25-36/h1-25,37-41H,26-31H2. The minimum Gasteiger partial charge on any atom is -0.374 e. The Morgan fingerprint density at radius 1 is 0.426 bits per heavy atom. The van der Waals surface area contributed by atoms with Crippen LogP contribution in [-0.4, -0.2) is 36.5 Å². The minimum atomic E-state index is -0.441. The molecule has 0 radical (unpaired) electrons. The van der Waals surface area contributed by atoms with E-state index in [0.717, 1.165) is 28.0 Å². The summed E-state index contributed by atoms with van der Waals surface area (Å²) < 4.78 is 33.6. The zero-order chi connectivity index (χ0) is 31.9. The maximum absolute atomic E-state index is 6.94.